The molecule has 0 heterocycles. The van der Waals surface area contributed by atoms with Gasteiger partial charge in [-0.05, 0) is 19.2 Å². The van der Waals surface area contributed by atoms with Crippen molar-refractivity contribution in [1.82, 2.24) is 5.32 Å². The largest absolute Gasteiger partial charge is 0.326 e. The summed E-state index contributed by atoms with van der Waals surface area (Å²) in [5, 5.41) is 16.1. The maximum Gasteiger partial charge on any atom is 0.288 e. The molecule has 0 aliphatic carbocycles. The highest BCUT2D eigenvalue weighted by molar-refractivity contribution is 6.33. The number of anilines is 1. The van der Waals surface area contributed by atoms with Crippen LogP contribution in [0.1, 0.15) is 6.92 Å². The van der Waals surface area contributed by atoms with Gasteiger partial charge in [0.05, 0.1) is 4.92 Å². The Labute approximate surface area is 109 Å². The van der Waals surface area contributed by atoms with Crippen molar-refractivity contribution in [2.75, 3.05) is 18.9 Å². The average molecular weight is 272 g/mol. The standard InChI is InChI=1S/C11H14ClN3O3/c1-7(6-13-2)11(16)14-8-3-4-10(15(17)18)9(12)5-8/h3-5,7,13H,6H2,1-2H3,(H,14,16). The van der Waals surface area contributed by atoms with Crippen LogP contribution in [-0.4, -0.2) is 24.4 Å². The Hall–Kier alpha value is -1.66. The summed E-state index contributed by atoms with van der Waals surface area (Å²) >= 11 is 5.74. The van der Waals surface area contributed by atoms with Crippen LogP contribution < -0.4 is 10.6 Å². The first-order valence-electron chi connectivity index (χ1n) is 5.35. The Morgan fingerprint density at radius 1 is 1.56 bits per heavy atom. The smallest absolute Gasteiger partial charge is 0.288 e. The van der Waals surface area contributed by atoms with E-state index in [4.69, 9.17) is 11.6 Å². The molecule has 1 unspecified atom stereocenters. The van der Waals surface area contributed by atoms with Crippen LogP contribution in [0.4, 0.5) is 11.4 Å². The second-order valence-corrected chi connectivity index (χ2v) is 4.28. The van der Waals surface area contributed by atoms with Crippen LogP contribution >= 0.6 is 11.6 Å². The summed E-state index contributed by atoms with van der Waals surface area (Å²) in [6, 6.07) is 4.08. The number of rotatable bonds is 5. The van der Waals surface area contributed by atoms with E-state index in [0.29, 0.717) is 12.2 Å². The highest BCUT2D eigenvalue weighted by Crippen LogP contribution is 2.27. The minimum Gasteiger partial charge on any atom is -0.326 e. The molecule has 0 saturated carbocycles. The molecule has 0 bridgehead atoms. The molecule has 0 saturated heterocycles. The number of hydrogen-bond acceptors (Lipinski definition) is 4. The fourth-order valence-corrected chi connectivity index (χ4v) is 1.65. The van der Waals surface area contributed by atoms with Crippen LogP contribution in [-0.2, 0) is 4.79 Å². The lowest BCUT2D eigenvalue weighted by molar-refractivity contribution is -0.384. The third-order valence-corrected chi connectivity index (χ3v) is 2.67. The van der Waals surface area contributed by atoms with Gasteiger partial charge in [-0.2, -0.15) is 0 Å². The van der Waals surface area contributed by atoms with Gasteiger partial charge >= 0.3 is 0 Å². The van der Waals surface area contributed by atoms with Gasteiger partial charge in [0, 0.05) is 24.2 Å². The highest BCUT2D eigenvalue weighted by Gasteiger charge is 2.15. The SMILES string of the molecule is CNCC(C)C(=O)Nc1ccc([N+](=O)[O-])c(Cl)c1. The first kappa shape index (κ1) is 14.4. The minimum atomic E-state index is -0.572. The maximum atomic E-state index is 11.7. The van der Waals surface area contributed by atoms with E-state index in [1.54, 1.807) is 14.0 Å². The molecular formula is C11H14ClN3O3. The molecule has 0 aromatic heterocycles. The lowest BCUT2D eigenvalue weighted by atomic mass is 10.1. The van der Waals surface area contributed by atoms with Crippen molar-refractivity contribution >= 4 is 28.9 Å². The van der Waals surface area contributed by atoms with Gasteiger partial charge in [0.15, 0.2) is 0 Å². The molecule has 1 rings (SSSR count). The van der Waals surface area contributed by atoms with E-state index in [1.165, 1.54) is 18.2 Å². The molecule has 1 aromatic carbocycles. The van der Waals surface area contributed by atoms with Gasteiger partial charge in [-0.3, -0.25) is 14.9 Å². The van der Waals surface area contributed by atoms with Crippen molar-refractivity contribution in [2.45, 2.75) is 6.92 Å². The Balaban J connectivity index is 2.77. The summed E-state index contributed by atoms with van der Waals surface area (Å²) in [4.78, 5) is 21.7. The van der Waals surface area contributed by atoms with Crippen molar-refractivity contribution in [2.24, 2.45) is 5.92 Å². The van der Waals surface area contributed by atoms with E-state index >= 15 is 0 Å². The van der Waals surface area contributed by atoms with Gasteiger partial charge in [0.1, 0.15) is 5.02 Å². The van der Waals surface area contributed by atoms with E-state index in [2.05, 4.69) is 10.6 Å². The van der Waals surface area contributed by atoms with Crippen molar-refractivity contribution in [1.29, 1.82) is 0 Å². The van der Waals surface area contributed by atoms with Gasteiger partial charge in [0.2, 0.25) is 5.91 Å². The fraction of sp³-hybridized carbons (Fsp3) is 0.364. The van der Waals surface area contributed by atoms with Gasteiger partial charge in [-0.1, -0.05) is 18.5 Å². The zero-order valence-corrected chi connectivity index (χ0v) is 10.8. The lowest BCUT2D eigenvalue weighted by Gasteiger charge is -2.11. The highest BCUT2D eigenvalue weighted by atomic mass is 35.5. The summed E-state index contributed by atoms with van der Waals surface area (Å²) in [7, 11) is 1.76. The van der Waals surface area contributed by atoms with Crippen molar-refractivity contribution in [3.05, 3.63) is 33.3 Å². The van der Waals surface area contributed by atoms with Crippen LogP contribution in [0.3, 0.4) is 0 Å². The predicted octanol–water partition coefficient (Wildman–Crippen LogP) is 2.04. The number of halogens is 1. The molecule has 0 aliphatic heterocycles. The van der Waals surface area contributed by atoms with Crippen LogP contribution in [0.25, 0.3) is 0 Å². The van der Waals surface area contributed by atoms with E-state index in [1.807, 2.05) is 0 Å². The molecule has 0 radical (unpaired) electrons. The minimum absolute atomic E-state index is 0.000861. The Kier molecular flexibility index (Phi) is 5.06. The third-order valence-electron chi connectivity index (χ3n) is 2.37. The van der Waals surface area contributed by atoms with Crippen molar-refractivity contribution in [3.8, 4) is 0 Å². The molecule has 98 valence electrons. The second-order valence-electron chi connectivity index (χ2n) is 3.87. The molecule has 0 fully saturated rings. The number of nitro benzene ring substituents is 1. The van der Waals surface area contributed by atoms with Gasteiger partial charge < -0.3 is 10.6 Å². The normalized spacial score (nSPS) is 11.9. The van der Waals surface area contributed by atoms with Crippen LogP contribution in [0.15, 0.2) is 18.2 Å². The molecule has 1 aromatic rings. The zero-order valence-electron chi connectivity index (χ0n) is 10.1. The Morgan fingerprint density at radius 3 is 2.72 bits per heavy atom. The number of hydrogen-bond donors (Lipinski definition) is 2. The van der Waals surface area contributed by atoms with E-state index in [0.717, 1.165) is 0 Å². The summed E-state index contributed by atoms with van der Waals surface area (Å²) < 4.78 is 0. The quantitative estimate of drug-likeness (QED) is 0.634. The van der Waals surface area contributed by atoms with Gasteiger partial charge in [-0.15, -0.1) is 0 Å². The van der Waals surface area contributed by atoms with E-state index in [-0.39, 0.29) is 22.5 Å². The molecule has 2 N–H and O–H groups in total. The van der Waals surface area contributed by atoms with Crippen molar-refractivity contribution < 1.29 is 9.72 Å². The lowest BCUT2D eigenvalue weighted by Crippen LogP contribution is -2.28. The molecule has 7 heteroatoms. The monoisotopic (exact) mass is 271 g/mol. The summed E-state index contributed by atoms with van der Waals surface area (Å²) in [5.41, 5.74) is 0.261. The molecule has 1 amide bonds. The number of benzene rings is 1. The number of amides is 1. The number of nitro groups is 1. The summed E-state index contributed by atoms with van der Waals surface area (Å²) in [5.74, 6) is -0.377. The predicted molar refractivity (Wildman–Crippen MR) is 69.8 cm³/mol. The molecule has 18 heavy (non-hydrogen) atoms. The number of nitrogens with zero attached hydrogens (tertiary/aromatic N) is 1. The van der Waals surface area contributed by atoms with Gasteiger partial charge in [-0.25, -0.2) is 0 Å². The van der Waals surface area contributed by atoms with E-state index < -0.39 is 4.92 Å². The van der Waals surface area contributed by atoms with Crippen LogP contribution in [0.2, 0.25) is 5.02 Å². The molecule has 0 aliphatic rings. The second kappa shape index (κ2) is 6.32. The average Bonchev–Trinajstić information content (AvgIpc) is 2.28. The molecular weight excluding hydrogens is 258 g/mol. The topological polar surface area (TPSA) is 84.3 Å². The maximum absolute atomic E-state index is 11.7. The number of nitrogens with one attached hydrogen (secondary N) is 2. The summed E-state index contributed by atoms with van der Waals surface area (Å²) in [6.07, 6.45) is 0. The summed E-state index contributed by atoms with van der Waals surface area (Å²) in [6.45, 7) is 2.32. The Morgan fingerprint density at radius 2 is 2.22 bits per heavy atom. The molecule has 6 nitrogen and oxygen atoms in total. The van der Waals surface area contributed by atoms with Crippen LogP contribution in [0, 0.1) is 16.0 Å². The van der Waals surface area contributed by atoms with E-state index in [9.17, 15) is 14.9 Å². The molecule has 0 spiro atoms. The Bertz CT molecular complexity index is 465. The molecule has 1 atom stereocenters. The fourth-order valence-electron chi connectivity index (χ4n) is 1.40. The van der Waals surface area contributed by atoms with Crippen LogP contribution in [0.5, 0.6) is 0 Å². The first-order valence-corrected chi connectivity index (χ1v) is 5.73. The number of carbonyl (C=O) groups excluding carboxylic acids is 1. The third kappa shape index (κ3) is 3.68. The first-order chi connectivity index (χ1) is 8.45. The zero-order chi connectivity index (χ0) is 13.7. The van der Waals surface area contributed by atoms with Crippen molar-refractivity contribution in [3.63, 3.8) is 0 Å². The number of carbonyl (C=O) groups is 1. The van der Waals surface area contributed by atoms with Gasteiger partial charge in [0.25, 0.3) is 5.69 Å².